The van der Waals surface area contributed by atoms with Crippen LogP contribution in [-0.2, 0) is 19.1 Å². The van der Waals surface area contributed by atoms with E-state index in [0.29, 0.717) is 9.79 Å². The third-order valence-electron chi connectivity index (χ3n) is 4.38. The molecule has 0 radical (unpaired) electrons. The first-order valence-electron chi connectivity index (χ1n) is 10.2. The summed E-state index contributed by atoms with van der Waals surface area (Å²) in [5.74, 6) is -2.32. The molecule has 0 N–H and O–H groups in total. The van der Waals surface area contributed by atoms with Gasteiger partial charge in [0.15, 0.2) is 0 Å². The number of carbonyl (C=O) groups excluding carboxylic acids is 4. The Hall–Kier alpha value is -3.78. The zero-order chi connectivity index (χ0) is 26.8. The summed E-state index contributed by atoms with van der Waals surface area (Å²) >= 11 is 0. The molecule has 0 heterocycles. The van der Waals surface area contributed by atoms with E-state index in [9.17, 15) is 39.4 Å². The Kier molecular flexibility index (Phi) is 10.5. The molecule has 0 fully saturated rings. The molecule has 190 valence electrons. The second kappa shape index (κ2) is 13.3. The van der Waals surface area contributed by atoms with Crippen LogP contribution >= 0.6 is 21.6 Å². The van der Waals surface area contributed by atoms with Crippen molar-refractivity contribution in [3.05, 3.63) is 67.8 Å². The molecule has 2 rings (SSSR count). The fourth-order valence-electron chi connectivity index (χ4n) is 2.61. The van der Waals surface area contributed by atoms with Crippen molar-refractivity contribution in [3.8, 4) is 0 Å². The van der Waals surface area contributed by atoms with Gasteiger partial charge in [-0.3, -0.25) is 29.8 Å². The molecule has 2 aromatic rings. The van der Waals surface area contributed by atoms with Gasteiger partial charge in [-0.1, -0.05) is 21.6 Å². The lowest BCUT2D eigenvalue weighted by Gasteiger charge is -2.08. The summed E-state index contributed by atoms with van der Waals surface area (Å²) in [6.45, 7) is 2.21. The SMILES string of the molecule is CC(=O)CCOC(=O)c1cc(SSc2ccc([N+](=O)[O-])c(C(=O)OCCC(C)=O)c2)ccc1[N+](=O)[O-]. The zero-order valence-electron chi connectivity index (χ0n) is 19.1. The number of hydrogen-bond acceptors (Lipinski definition) is 12. The summed E-state index contributed by atoms with van der Waals surface area (Å²) in [5.41, 5.74) is -1.54. The molecule has 0 aliphatic heterocycles. The Labute approximate surface area is 212 Å². The molecule has 2 aromatic carbocycles. The highest BCUT2D eigenvalue weighted by atomic mass is 33.1. The number of rotatable bonds is 13. The molecule has 0 saturated heterocycles. The molecule has 0 unspecified atom stereocenters. The molecular weight excluding hydrogens is 516 g/mol. The lowest BCUT2D eigenvalue weighted by Crippen LogP contribution is -2.11. The van der Waals surface area contributed by atoms with Gasteiger partial charge in [-0.2, -0.15) is 0 Å². The highest BCUT2D eigenvalue weighted by molar-refractivity contribution is 8.76. The molecule has 0 atom stereocenters. The van der Waals surface area contributed by atoms with Gasteiger partial charge in [0.2, 0.25) is 0 Å². The minimum absolute atomic E-state index is 0.0243. The number of benzene rings is 2. The van der Waals surface area contributed by atoms with E-state index < -0.39 is 33.2 Å². The van der Waals surface area contributed by atoms with Crippen molar-refractivity contribution >= 4 is 56.5 Å². The Morgan fingerprint density at radius 3 is 1.39 bits per heavy atom. The first-order valence-corrected chi connectivity index (χ1v) is 12.4. The molecule has 0 aliphatic rings. The van der Waals surface area contributed by atoms with E-state index in [1.807, 2.05) is 0 Å². The second-order valence-electron chi connectivity index (χ2n) is 7.21. The minimum Gasteiger partial charge on any atom is -0.461 e. The van der Waals surface area contributed by atoms with Crippen LogP contribution in [0.4, 0.5) is 11.4 Å². The van der Waals surface area contributed by atoms with Crippen LogP contribution < -0.4 is 0 Å². The topological polar surface area (TPSA) is 173 Å². The van der Waals surface area contributed by atoms with E-state index in [4.69, 9.17) is 9.47 Å². The number of carbonyl (C=O) groups is 4. The van der Waals surface area contributed by atoms with Gasteiger partial charge in [-0.15, -0.1) is 0 Å². The van der Waals surface area contributed by atoms with Crippen molar-refractivity contribution in [1.82, 2.24) is 0 Å². The molecule has 0 amide bonds. The maximum Gasteiger partial charge on any atom is 0.345 e. The highest BCUT2D eigenvalue weighted by Crippen LogP contribution is 2.40. The summed E-state index contributed by atoms with van der Waals surface area (Å²) < 4.78 is 9.91. The normalized spacial score (nSPS) is 10.4. The molecule has 36 heavy (non-hydrogen) atoms. The molecule has 0 aromatic heterocycles. The number of hydrogen-bond donors (Lipinski definition) is 0. The molecule has 12 nitrogen and oxygen atoms in total. The number of nitro groups is 2. The van der Waals surface area contributed by atoms with Crippen LogP contribution in [-0.4, -0.2) is 46.6 Å². The maximum absolute atomic E-state index is 12.3. The quantitative estimate of drug-likeness (QED) is 0.151. The lowest BCUT2D eigenvalue weighted by molar-refractivity contribution is -0.385. The summed E-state index contributed by atoms with van der Waals surface area (Å²) in [7, 11) is 2.15. The van der Waals surface area contributed by atoms with Crippen LogP contribution in [0.2, 0.25) is 0 Å². The minimum atomic E-state index is -0.957. The number of esters is 2. The predicted molar refractivity (Wildman–Crippen MR) is 129 cm³/mol. The van der Waals surface area contributed by atoms with Crippen molar-refractivity contribution < 1.29 is 38.5 Å². The van der Waals surface area contributed by atoms with Gasteiger partial charge in [-0.25, -0.2) is 9.59 Å². The number of ketones is 2. The summed E-state index contributed by atoms with van der Waals surface area (Å²) in [6, 6.07) is 7.60. The average molecular weight is 537 g/mol. The van der Waals surface area contributed by atoms with Gasteiger partial charge >= 0.3 is 11.9 Å². The van der Waals surface area contributed by atoms with Crippen molar-refractivity contribution in [1.29, 1.82) is 0 Å². The number of Topliss-reactive ketones (excluding diaryl/α,β-unsaturated/α-hetero) is 2. The third-order valence-corrected chi connectivity index (χ3v) is 6.76. The van der Waals surface area contributed by atoms with E-state index in [1.165, 1.54) is 38.1 Å². The summed E-state index contributed by atoms with van der Waals surface area (Å²) in [4.78, 5) is 68.7. The van der Waals surface area contributed by atoms with E-state index in [1.54, 1.807) is 0 Å². The van der Waals surface area contributed by atoms with Crippen LogP contribution in [0.3, 0.4) is 0 Å². The monoisotopic (exact) mass is 536 g/mol. The Morgan fingerprint density at radius 2 is 1.08 bits per heavy atom. The van der Waals surface area contributed by atoms with Crippen molar-refractivity contribution in [2.24, 2.45) is 0 Å². The van der Waals surface area contributed by atoms with Crippen molar-refractivity contribution in [3.63, 3.8) is 0 Å². The van der Waals surface area contributed by atoms with E-state index in [-0.39, 0.29) is 48.7 Å². The van der Waals surface area contributed by atoms with Crippen LogP contribution in [0.15, 0.2) is 46.2 Å². The first-order chi connectivity index (χ1) is 17.0. The van der Waals surface area contributed by atoms with Gasteiger partial charge in [0, 0.05) is 34.8 Å². The van der Waals surface area contributed by atoms with Crippen LogP contribution in [0.5, 0.6) is 0 Å². The summed E-state index contributed by atoms with van der Waals surface area (Å²) in [6.07, 6.45) is -0.0486. The number of nitro benzene ring substituents is 2. The molecule has 0 aliphatic carbocycles. The standard InChI is InChI=1S/C22H20N2O10S2/c1-13(25)7-9-33-21(27)17-11-15(3-5-19(17)23(29)30)35-36-16-4-6-20(24(31)32)18(12-16)22(28)34-10-8-14(2)26/h3-6,11-12H,7-10H2,1-2H3. The van der Waals surface area contributed by atoms with E-state index in [0.717, 1.165) is 33.7 Å². The van der Waals surface area contributed by atoms with Gasteiger partial charge in [-0.05, 0) is 38.1 Å². The smallest absolute Gasteiger partial charge is 0.345 e. The molecule has 14 heteroatoms. The van der Waals surface area contributed by atoms with Gasteiger partial charge in [0.05, 0.1) is 23.1 Å². The van der Waals surface area contributed by atoms with Crippen LogP contribution in [0.25, 0.3) is 0 Å². The molecule has 0 spiro atoms. The lowest BCUT2D eigenvalue weighted by atomic mass is 10.2. The van der Waals surface area contributed by atoms with E-state index in [2.05, 4.69) is 0 Å². The fraction of sp³-hybridized carbons (Fsp3) is 0.273. The largest absolute Gasteiger partial charge is 0.461 e. The molecule has 0 bridgehead atoms. The van der Waals surface area contributed by atoms with Crippen molar-refractivity contribution in [2.75, 3.05) is 13.2 Å². The number of ether oxygens (including phenoxy) is 2. The highest BCUT2D eigenvalue weighted by Gasteiger charge is 2.24. The zero-order valence-corrected chi connectivity index (χ0v) is 20.7. The van der Waals surface area contributed by atoms with Gasteiger partial charge in [0.1, 0.15) is 22.7 Å². The summed E-state index contributed by atoms with van der Waals surface area (Å²) in [5, 5.41) is 22.6. The van der Waals surface area contributed by atoms with Gasteiger partial charge in [0.25, 0.3) is 11.4 Å². The van der Waals surface area contributed by atoms with Crippen LogP contribution in [0, 0.1) is 20.2 Å². The Morgan fingerprint density at radius 1 is 0.722 bits per heavy atom. The average Bonchev–Trinajstić information content (AvgIpc) is 2.81. The van der Waals surface area contributed by atoms with Crippen LogP contribution in [0.1, 0.15) is 47.4 Å². The predicted octanol–water partition coefficient (Wildman–Crippen LogP) is 4.57. The van der Waals surface area contributed by atoms with Gasteiger partial charge < -0.3 is 9.47 Å². The fourth-order valence-corrected chi connectivity index (χ4v) is 4.58. The maximum atomic E-state index is 12.3. The molecule has 0 saturated carbocycles. The van der Waals surface area contributed by atoms with Crippen molar-refractivity contribution in [2.45, 2.75) is 36.5 Å². The number of nitrogens with zero attached hydrogens (tertiary/aromatic N) is 2. The Bertz CT molecular complexity index is 1120. The molecular formula is C22H20N2O10S2. The first kappa shape index (κ1) is 28.5. The Balaban J connectivity index is 2.21. The van der Waals surface area contributed by atoms with E-state index >= 15 is 0 Å². The second-order valence-corrected chi connectivity index (χ2v) is 9.49. The third kappa shape index (κ3) is 8.46.